The average Bonchev–Trinajstić information content (AvgIpc) is 2.47. The van der Waals surface area contributed by atoms with E-state index in [1.165, 1.54) is 12.0 Å². The van der Waals surface area contributed by atoms with Crippen LogP contribution in [0.2, 0.25) is 0 Å². The van der Waals surface area contributed by atoms with E-state index in [1.54, 1.807) is 14.2 Å². The molecule has 1 aromatic carbocycles. The monoisotopic (exact) mass is 419 g/mol. The molecule has 0 aromatic heterocycles. The number of rotatable bonds is 7. The van der Waals surface area contributed by atoms with Gasteiger partial charge in [-0.1, -0.05) is 26.0 Å². The second-order valence-electron chi connectivity index (χ2n) is 5.69. The molecule has 0 spiro atoms. The van der Waals surface area contributed by atoms with Gasteiger partial charge in [0.1, 0.15) is 5.75 Å². The van der Waals surface area contributed by atoms with Gasteiger partial charge in [-0.15, -0.1) is 24.0 Å². The Labute approximate surface area is 152 Å². The molecule has 0 aliphatic rings. The summed E-state index contributed by atoms with van der Waals surface area (Å²) >= 11 is 0. The first-order valence-electron chi connectivity index (χ1n) is 7.64. The summed E-state index contributed by atoms with van der Waals surface area (Å²) in [5.41, 5.74) is 2.33. The van der Waals surface area contributed by atoms with Crippen LogP contribution in [0, 0.1) is 12.8 Å². The van der Waals surface area contributed by atoms with Gasteiger partial charge in [-0.25, -0.2) is 0 Å². The Kier molecular flexibility index (Phi) is 11.1. The van der Waals surface area contributed by atoms with Crippen molar-refractivity contribution in [2.45, 2.75) is 40.2 Å². The first-order valence-corrected chi connectivity index (χ1v) is 7.64. The topological polar surface area (TPSA) is 45.7 Å². The number of hydrogen-bond acceptors (Lipinski definition) is 2. The quantitative estimate of drug-likeness (QED) is 0.307. The van der Waals surface area contributed by atoms with Gasteiger partial charge in [0.25, 0.3) is 0 Å². The molecule has 5 heteroatoms. The number of guanidine groups is 1. The maximum Gasteiger partial charge on any atom is 0.191 e. The van der Waals surface area contributed by atoms with Crippen molar-refractivity contribution >= 4 is 29.9 Å². The second kappa shape index (κ2) is 11.6. The number of aryl methyl sites for hydroxylation is 1. The molecule has 0 heterocycles. The van der Waals surface area contributed by atoms with Crippen molar-refractivity contribution in [1.82, 2.24) is 10.6 Å². The smallest absolute Gasteiger partial charge is 0.191 e. The second-order valence-corrected chi connectivity index (χ2v) is 5.69. The van der Waals surface area contributed by atoms with Crippen LogP contribution in [0.1, 0.15) is 37.8 Å². The summed E-state index contributed by atoms with van der Waals surface area (Å²) in [7, 11) is 3.50. The molecule has 2 N–H and O–H groups in total. The van der Waals surface area contributed by atoms with Gasteiger partial charge >= 0.3 is 0 Å². The van der Waals surface area contributed by atoms with Gasteiger partial charge in [-0.3, -0.25) is 4.99 Å². The van der Waals surface area contributed by atoms with Crippen LogP contribution >= 0.6 is 24.0 Å². The third-order valence-electron chi connectivity index (χ3n) is 3.41. The van der Waals surface area contributed by atoms with Crippen LogP contribution in [0.25, 0.3) is 0 Å². The van der Waals surface area contributed by atoms with E-state index >= 15 is 0 Å². The largest absolute Gasteiger partial charge is 0.496 e. The van der Waals surface area contributed by atoms with E-state index in [-0.39, 0.29) is 24.0 Å². The van der Waals surface area contributed by atoms with Crippen LogP contribution in [0.5, 0.6) is 5.75 Å². The van der Waals surface area contributed by atoms with Gasteiger partial charge < -0.3 is 15.4 Å². The molecule has 0 aliphatic heterocycles. The average molecular weight is 419 g/mol. The van der Waals surface area contributed by atoms with Crippen molar-refractivity contribution in [3.8, 4) is 5.75 Å². The Bertz CT molecular complexity index is 461. The molecule has 4 nitrogen and oxygen atoms in total. The maximum atomic E-state index is 5.35. The lowest BCUT2D eigenvalue weighted by atomic mass is 10.1. The number of aliphatic imine (C=N–C) groups is 1. The highest BCUT2D eigenvalue weighted by molar-refractivity contribution is 14.0. The van der Waals surface area contributed by atoms with Gasteiger partial charge in [0.15, 0.2) is 5.96 Å². The zero-order valence-corrected chi connectivity index (χ0v) is 16.7. The molecule has 22 heavy (non-hydrogen) atoms. The van der Waals surface area contributed by atoms with Gasteiger partial charge in [0.2, 0.25) is 0 Å². The van der Waals surface area contributed by atoms with E-state index in [0.29, 0.717) is 0 Å². The standard InChI is InChI=1S/C17H29N3O.HI/c1-13(2)7-6-10-19-17(18-4)20-12-15-9-8-14(3)16(11-15)21-5;/h8-9,11,13H,6-7,10,12H2,1-5H3,(H2,18,19,20);1H. The summed E-state index contributed by atoms with van der Waals surface area (Å²) in [6.45, 7) is 8.23. The van der Waals surface area contributed by atoms with Gasteiger partial charge in [0.05, 0.1) is 7.11 Å². The number of ether oxygens (including phenoxy) is 1. The molecule has 0 fully saturated rings. The number of benzene rings is 1. The molecule has 126 valence electrons. The third kappa shape index (κ3) is 7.87. The Morgan fingerprint density at radius 2 is 2.00 bits per heavy atom. The van der Waals surface area contributed by atoms with Crippen molar-refractivity contribution in [2.75, 3.05) is 20.7 Å². The minimum absolute atomic E-state index is 0. The number of halogens is 1. The van der Waals surface area contributed by atoms with Crippen molar-refractivity contribution < 1.29 is 4.74 Å². The minimum Gasteiger partial charge on any atom is -0.496 e. The predicted octanol–water partition coefficient (Wildman–Crippen LogP) is 3.72. The molecule has 0 aliphatic carbocycles. The summed E-state index contributed by atoms with van der Waals surface area (Å²) in [5.74, 6) is 2.52. The summed E-state index contributed by atoms with van der Waals surface area (Å²) in [6.07, 6.45) is 2.40. The number of hydrogen-bond donors (Lipinski definition) is 2. The Morgan fingerprint density at radius 3 is 2.59 bits per heavy atom. The number of methoxy groups -OCH3 is 1. The molecule has 0 saturated carbocycles. The first-order chi connectivity index (χ1) is 10.1. The highest BCUT2D eigenvalue weighted by Crippen LogP contribution is 2.18. The van der Waals surface area contributed by atoms with Crippen molar-refractivity contribution in [2.24, 2.45) is 10.9 Å². The molecule has 0 atom stereocenters. The molecular weight excluding hydrogens is 389 g/mol. The maximum absolute atomic E-state index is 5.35. The Balaban J connectivity index is 0.00000441. The SMILES string of the molecule is CN=C(NCCCC(C)C)NCc1ccc(C)c(OC)c1.I. The number of nitrogens with one attached hydrogen (secondary N) is 2. The lowest BCUT2D eigenvalue weighted by Gasteiger charge is -2.13. The zero-order chi connectivity index (χ0) is 15.7. The Hall–Kier alpha value is -0.980. The van der Waals surface area contributed by atoms with Crippen LogP contribution in [0.15, 0.2) is 23.2 Å². The molecule has 1 rings (SSSR count). The van der Waals surface area contributed by atoms with E-state index in [4.69, 9.17) is 4.74 Å². The van der Waals surface area contributed by atoms with Crippen LogP contribution in [0.4, 0.5) is 0 Å². The molecular formula is C17H30IN3O. The van der Waals surface area contributed by atoms with Crippen LogP contribution in [-0.4, -0.2) is 26.7 Å². The number of nitrogens with zero attached hydrogens (tertiary/aromatic N) is 1. The van der Waals surface area contributed by atoms with Gasteiger partial charge in [-0.05, 0) is 42.9 Å². The predicted molar refractivity (Wildman–Crippen MR) is 105 cm³/mol. The molecule has 0 amide bonds. The highest BCUT2D eigenvalue weighted by atomic mass is 127. The van der Waals surface area contributed by atoms with Gasteiger partial charge in [0, 0.05) is 20.1 Å². The molecule has 1 aromatic rings. The van der Waals surface area contributed by atoms with Crippen molar-refractivity contribution in [1.29, 1.82) is 0 Å². The molecule has 0 radical (unpaired) electrons. The van der Waals surface area contributed by atoms with Crippen LogP contribution < -0.4 is 15.4 Å². The van der Waals surface area contributed by atoms with Gasteiger partial charge in [-0.2, -0.15) is 0 Å². The summed E-state index contributed by atoms with van der Waals surface area (Å²) < 4.78 is 5.35. The van der Waals surface area contributed by atoms with Crippen LogP contribution in [-0.2, 0) is 6.54 Å². The van der Waals surface area contributed by atoms with E-state index < -0.39 is 0 Å². The van der Waals surface area contributed by atoms with Crippen molar-refractivity contribution in [3.05, 3.63) is 29.3 Å². The lowest BCUT2D eigenvalue weighted by Crippen LogP contribution is -2.37. The third-order valence-corrected chi connectivity index (χ3v) is 3.41. The Morgan fingerprint density at radius 1 is 1.27 bits per heavy atom. The van der Waals surface area contributed by atoms with E-state index in [0.717, 1.165) is 42.7 Å². The summed E-state index contributed by atoms with van der Waals surface area (Å²) in [6, 6.07) is 6.25. The minimum atomic E-state index is 0. The fourth-order valence-electron chi connectivity index (χ4n) is 2.10. The fraction of sp³-hybridized carbons (Fsp3) is 0.588. The normalized spacial score (nSPS) is 11.1. The summed E-state index contributed by atoms with van der Waals surface area (Å²) in [4.78, 5) is 4.24. The molecule has 0 bridgehead atoms. The van der Waals surface area contributed by atoms with E-state index in [9.17, 15) is 0 Å². The van der Waals surface area contributed by atoms with E-state index in [1.807, 2.05) is 6.92 Å². The lowest BCUT2D eigenvalue weighted by molar-refractivity contribution is 0.411. The zero-order valence-electron chi connectivity index (χ0n) is 14.4. The highest BCUT2D eigenvalue weighted by Gasteiger charge is 2.02. The molecule has 0 saturated heterocycles. The van der Waals surface area contributed by atoms with Crippen LogP contribution in [0.3, 0.4) is 0 Å². The van der Waals surface area contributed by atoms with E-state index in [2.05, 4.69) is 47.7 Å². The van der Waals surface area contributed by atoms with Crippen molar-refractivity contribution in [3.63, 3.8) is 0 Å². The molecule has 0 unspecified atom stereocenters. The summed E-state index contributed by atoms with van der Waals surface area (Å²) in [5, 5.41) is 6.67. The fourth-order valence-corrected chi connectivity index (χ4v) is 2.10. The first kappa shape index (κ1) is 21.0.